The number of benzene rings is 1. The number of hydrogen-bond donors (Lipinski definition) is 0. The maximum atomic E-state index is 12.5. The molecule has 3 nitrogen and oxygen atoms in total. The lowest BCUT2D eigenvalue weighted by Crippen LogP contribution is -2.29. The number of amides is 1. The van der Waals surface area contributed by atoms with Gasteiger partial charge in [-0.3, -0.25) is 4.79 Å². The summed E-state index contributed by atoms with van der Waals surface area (Å²) in [5.74, 6) is 2.06. The molecule has 0 saturated carbocycles. The molecule has 1 unspecified atom stereocenters. The van der Waals surface area contributed by atoms with Gasteiger partial charge in [0.2, 0.25) is 0 Å². The van der Waals surface area contributed by atoms with Crippen LogP contribution in [0.5, 0.6) is 5.75 Å². The number of carbonyl (C=O) groups is 1. The van der Waals surface area contributed by atoms with Gasteiger partial charge in [-0.25, -0.2) is 0 Å². The maximum Gasteiger partial charge on any atom is 0.255 e. The third-order valence-electron chi connectivity index (χ3n) is 3.86. The highest BCUT2D eigenvalue weighted by Gasteiger charge is 2.29. The molecule has 1 aliphatic rings. The summed E-state index contributed by atoms with van der Waals surface area (Å²) < 4.78 is 6.02. The largest absolute Gasteiger partial charge is 0.497 e. The standard InChI is InChI=1S/C15H20BrNO2/c1-10(2)11-6-7-17(9-11)15(18)13-8-12(19-3)4-5-14(13)16/h4-5,8,10-11H,6-7,9H2,1-3H3. The molecule has 0 spiro atoms. The number of nitrogens with zero attached hydrogens (tertiary/aromatic N) is 1. The fraction of sp³-hybridized carbons (Fsp3) is 0.533. The Hall–Kier alpha value is -1.03. The first-order chi connectivity index (χ1) is 9.02. The summed E-state index contributed by atoms with van der Waals surface area (Å²) >= 11 is 3.45. The molecule has 1 fully saturated rings. The van der Waals surface area contributed by atoms with Crippen LogP contribution in [0.1, 0.15) is 30.6 Å². The van der Waals surface area contributed by atoms with Crippen LogP contribution >= 0.6 is 15.9 Å². The quantitative estimate of drug-likeness (QED) is 0.850. The van der Waals surface area contributed by atoms with Crippen LogP contribution in [0, 0.1) is 11.8 Å². The first kappa shape index (κ1) is 14.4. The smallest absolute Gasteiger partial charge is 0.255 e. The number of ether oxygens (including phenoxy) is 1. The van der Waals surface area contributed by atoms with E-state index in [2.05, 4.69) is 29.8 Å². The Morgan fingerprint density at radius 3 is 2.79 bits per heavy atom. The first-order valence-corrected chi connectivity index (χ1v) is 7.45. The van der Waals surface area contributed by atoms with Gasteiger partial charge in [0.05, 0.1) is 12.7 Å². The number of methoxy groups -OCH3 is 1. The first-order valence-electron chi connectivity index (χ1n) is 6.65. The second-order valence-electron chi connectivity index (χ2n) is 5.39. The van der Waals surface area contributed by atoms with E-state index in [4.69, 9.17) is 4.74 Å². The van der Waals surface area contributed by atoms with Crippen molar-refractivity contribution in [2.24, 2.45) is 11.8 Å². The van der Waals surface area contributed by atoms with Crippen molar-refractivity contribution in [2.45, 2.75) is 20.3 Å². The van der Waals surface area contributed by atoms with Crippen LogP contribution in [0.25, 0.3) is 0 Å². The summed E-state index contributed by atoms with van der Waals surface area (Å²) in [5.41, 5.74) is 0.684. The molecule has 0 radical (unpaired) electrons. The van der Waals surface area contributed by atoms with Gasteiger partial charge in [0, 0.05) is 17.6 Å². The van der Waals surface area contributed by atoms with Gasteiger partial charge in [0.25, 0.3) is 5.91 Å². The van der Waals surface area contributed by atoms with E-state index in [9.17, 15) is 4.79 Å². The molecule has 0 bridgehead atoms. The molecule has 1 atom stereocenters. The van der Waals surface area contributed by atoms with Crippen molar-refractivity contribution in [1.82, 2.24) is 4.90 Å². The zero-order valence-electron chi connectivity index (χ0n) is 11.6. The summed E-state index contributed by atoms with van der Waals surface area (Å²) in [4.78, 5) is 14.5. The lowest BCUT2D eigenvalue weighted by molar-refractivity contribution is 0.0782. The second kappa shape index (κ2) is 5.95. The number of likely N-dealkylation sites (tertiary alicyclic amines) is 1. The van der Waals surface area contributed by atoms with Gasteiger partial charge in [-0.2, -0.15) is 0 Å². The van der Waals surface area contributed by atoms with E-state index in [1.54, 1.807) is 13.2 Å². The van der Waals surface area contributed by atoms with E-state index in [0.29, 0.717) is 23.1 Å². The highest BCUT2D eigenvalue weighted by atomic mass is 79.9. The summed E-state index contributed by atoms with van der Waals surface area (Å²) in [7, 11) is 1.61. The molecular formula is C15H20BrNO2. The van der Waals surface area contributed by atoms with Crippen LogP contribution in [0.3, 0.4) is 0 Å². The highest BCUT2D eigenvalue weighted by molar-refractivity contribution is 9.10. The minimum Gasteiger partial charge on any atom is -0.497 e. The molecule has 1 saturated heterocycles. The van der Waals surface area contributed by atoms with E-state index >= 15 is 0 Å². The molecule has 4 heteroatoms. The molecule has 1 heterocycles. The van der Waals surface area contributed by atoms with E-state index < -0.39 is 0 Å². The molecule has 104 valence electrons. The van der Waals surface area contributed by atoms with E-state index in [-0.39, 0.29) is 5.91 Å². The third-order valence-corrected chi connectivity index (χ3v) is 4.55. The van der Waals surface area contributed by atoms with E-state index in [1.807, 2.05) is 17.0 Å². The molecule has 1 aromatic carbocycles. The van der Waals surface area contributed by atoms with Crippen LogP contribution in [0.15, 0.2) is 22.7 Å². The van der Waals surface area contributed by atoms with Crippen molar-refractivity contribution in [1.29, 1.82) is 0 Å². The lowest BCUT2D eigenvalue weighted by Gasteiger charge is -2.19. The van der Waals surface area contributed by atoms with E-state index in [1.165, 1.54) is 0 Å². The van der Waals surface area contributed by atoms with Crippen molar-refractivity contribution in [3.8, 4) is 5.75 Å². The van der Waals surface area contributed by atoms with Crippen LogP contribution in [-0.2, 0) is 0 Å². The normalized spacial score (nSPS) is 19.0. The predicted octanol–water partition coefficient (Wildman–Crippen LogP) is 3.58. The minimum atomic E-state index is 0.0916. The Morgan fingerprint density at radius 2 is 2.21 bits per heavy atom. The van der Waals surface area contributed by atoms with Gasteiger partial charge in [0.1, 0.15) is 5.75 Å². The monoisotopic (exact) mass is 325 g/mol. The zero-order chi connectivity index (χ0) is 14.0. The minimum absolute atomic E-state index is 0.0916. The lowest BCUT2D eigenvalue weighted by atomic mass is 9.95. The van der Waals surface area contributed by atoms with Crippen LogP contribution in [0.4, 0.5) is 0 Å². The second-order valence-corrected chi connectivity index (χ2v) is 6.24. The highest BCUT2D eigenvalue weighted by Crippen LogP contribution is 2.28. The fourth-order valence-electron chi connectivity index (χ4n) is 2.48. The van der Waals surface area contributed by atoms with Crippen LogP contribution in [0.2, 0.25) is 0 Å². The summed E-state index contributed by atoms with van der Waals surface area (Å²) in [6, 6.07) is 5.51. The number of halogens is 1. The molecular weight excluding hydrogens is 306 g/mol. The van der Waals surface area contributed by atoms with Crippen molar-refractivity contribution < 1.29 is 9.53 Å². The van der Waals surface area contributed by atoms with Crippen LogP contribution < -0.4 is 4.74 Å². The molecule has 0 aromatic heterocycles. The molecule has 1 aromatic rings. The molecule has 0 aliphatic carbocycles. The Morgan fingerprint density at radius 1 is 1.47 bits per heavy atom. The Balaban J connectivity index is 2.16. The average Bonchev–Trinajstić information content (AvgIpc) is 2.88. The Bertz CT molecular complexity index is 473. The van der Waals surface area contributed by atoms with Gasteiger partial charge in [-0.05, 0) is 52.4 Å². The molecule has 1 aliphatic heterocycles. The SMILES string of the molecule is COc1ccc(Br)c(C(=O)N2CCC(C(C)C)C2)c1. The fourth-order valence-corrected chi connectivity index (χ4v) is 2.90. The summed E-state index contributed by atoms with van der Waals surface area (Å²) in [6.07, 6.45) is 1.10. The number of hydrogen-bond acceptors (Lipinski definition) is 2. The van der Waals surface area contributed by atoms with Crippen molar-refractivity contribution in [3.05, 3.63) is 28.2 Å². The van der Waals surface area contributed by atoms with Gasteiger partial charge < -0.3 is 9.64 Å². The topological polar surface area (TPSA) is 29.5 Å². The molecule has 0 N–H and O–H groups in total. The van der Waals surface area contributed by atoms with Crippen molar-refractivity contribution >= 4 is 21.8 Å². The average molecular weight is 326 g/mol. The molecule has 1 amide bonds. The predicted molar refractivity (Wildman–Crippen MR) is 79.5 cm³/mol. The van der Waals surface area contributed by atoms with Gasteiger partial charge >= 0.3 is 0 Å². The summed E-state index contributed by atoms with van der Waals surface area (Å²) in [5, 5.41) is 0. The summed E-state index contributed by atoms with van der Waals surface area (Å²) in [6.45, 7) is 6.16. The maximum absolute atomic E-state index is 12.5. The van der Waals surface area contributed by atoms with Gasteiger partial charge in [0.15, 0.2) is 0 Å². The number of rotatable bonds is 3. The Labute approximate surface area is 123 Å². The van der Waals surface area contributed by atoms with Crippen molar-refractivity contribution in [2.75, 3.05) is 20.2 Å². The van der Waals surface area contributed by atoms with Gasteiger partial charge in [-0.1, -0.05) is 13.8 Å². The molecule has 19 heavy (non-hydrogen) atoms. The number of carbonyl (C=O) groups excluding carboxylic acids is 1. The van der Waals surface area contributed by atoms with Crippen LogP contribution in [-0.4, -0.2) is 31.0 Å². The third kappa shape index (κ3) is 3.11. The van der Waals surface area contributed by atoms with E-state index in [0.717, 1.165) is 24.0 Å². The van der Waals surface area contributed by atoms with Gasteiger partial charge in [-0.15, -0.1) is 0 Å². The zero-order valence-corrected chi connectivity index (χ0v) is 13.2. The molecule has 2 rings (SSSR count). The Kier molecular flexibility index (Phi) is 4.50. The van der Waals surface area contributed by atoms with Crippen molar-refractivity contribution in [3.63, 3.8) is 0 Å².